The van der Waals surface area contributed by atoms with E-state index in [0.717, 1.165) is 22.9 Å². The van der Waals surface area contributed by atoms with E-state index in [1.807, 2.05) is 7.05 Å². The standard InChI is InChI=1S/C15H20N8/c1-10(2)22-8-16-18-14(22)7-21(3)13-6-12(11-4-5-11)20-23-9-17-19-15(13)23/h6,8-11H,4-5,7H2,1-3H3. The second-order valence-corrected chi connectivity index (χ2v) is 6.43. The van der Waals surface area contributed by atoms with Crippen LogP contribution < -0.4 is 4.90 Å². The van der Waals surface area contributed by atoms with E-state index < -0.39 is 0 Å². The molecular formula is C15H20N8. The summed E-state index contributed by atoms with van der Waals surface area (Å²) in [5.74, 6) is 1.51. The maximum atomic E-state index is 4.61. The van der Waals surface area contributed by atoms with Crippen LogP contribution in [0.5, 0.6) is 0 Å². The maximum absolute atomic E-state index is 4.61. The Morgan fingerprint density at radius 1 is 1.22 bits per heavy atom. The van der Waals surface area contributed by atoms with Gasteiger partial charge in [0.1, 0.15) is 12.7 Å². The first-order valence-electron chi connectivity index (χ1n) is 7.94. The van der Waals surface area contributed by atoms with E-state index in [4.69, 9.17) is 0 Å². The molecule has 0 aromatic carbocycles. The molecule has 120 valence electrons. The molecule has 3 heterocycles. The molecule has 1 fully saturated rings. The second-order valence-electron chi connectivity index (χ2n) is 6.43. The Kier molecular flexibility index (Phi) is 3.24. The number of hydrogen-bond donors (Lipinski definition) is 0. The Morgan fingerprint density at radius 2 is 2.00 bits per heavy atom. The first-order valence-corrected chi connectivity index (χ1v) is 7.94. The Bertz CT molecular complexity index is 829. The molecule has 0 bridgehead atoms. The van der Waals surface area contributed by atoms with Crippen molar-refractivity contribution in [3.8, 4) is 0 Å². The Hall–Kier alpha value is -2.51. The topological polar surface area (TPSA) is 77.0 Å². The van der Waals surface area contributed by atoms with Crippen LogP contribution >= 0.6 is 0 Å². The number of hydrogen-bond acceptors (Lipinski definition) is 6. The number of aromatic nitrogens is 7. The quantitative estimate of drug-likeness (QED) is 0.715. The highest BCUT2D eigenvalue weighted by molar-refractivity contribution is 5.68. The average molecular weight is 312 g/mol. The molecule has 8 nitrogen and oxygen atoms in total. The average Bonchev–Trinajstić information content (AvgIpc) is 3.08. The number of fused-ring (bicyclic) bond motifs is 1. The van der Waals surface area contributed by atoms with Crippen LogP contribution in [0.3, 0.4) is 0 Å². The van der Waals surface area contributed by atoms with Crippen LogP contribution in [-0.4, -0.2) is 41.6 Å². The lowest BCUT2D eigenvalue weighted by molar-refractivity contribution is 0.564. The Labute approximate surface area is 134 Å². The predicted octanol–water partition coefficient (Wildman–Crippen LogP) is 1.81. The number of anilines is 1. The summed E-state index contributed by atoms with van der Waals surface area (Å²) < 4.78 is 3.85. The summed E-state index contributed by atoms with van der Waals surface area (Å²) in [6, 6.07) is 2.47. The molecule has 0 aliphatic heterocycles. The van der Waals surface area contributed by atoms with Crippen molar-refractivity contribution in [1.29, 1.82) is 0 Å². The lowest BCUT2D eigenvalue weighted by Crippen LogP contribution is -2.21. The van der Waals surface area contributed by atoms with Gasteiger partial charge in [-0.05, 0) is 32.8 Å². The van der Waals surface area contributed by atoms with Crippen LogP contribution in [0.2, 0.25) is 0 Å². The molecule has 0 amide bonds. The van der Waals surface area contributed by atoms with Crippen molar-refractivity contribution in [1.82, 2.24) is 34.6 Å². The molecule has 0 N–H and O–H groups in total. The monoisotopic (exact) mass is 312 g/mol. The number of rotatable bonds is 5. The van der Waals surface area contributed by atoms with Gasteiger partial charge in [0.25, 0.3) is 0 Å². The fourth-order valence-electron chi connectivity index (χ4n) is 2.80. The Balaban J connectivity index is 1.70. The van der Waals surface area contributed by atoms with E-state index in [9.17, 15) is 0 Å². The molecule has 0 atom stereocenters. The molecule has 1 aliphatic rings. The van der Waals surface area contributed by atoms with Crippen molar-refractivity contribution < 1.29 is 0 Å². The summed E-state index contributed by atoms with van der Waals surface area (Å²) >= 11 is 0. The largest absolute Gasteiger partial charge is 0.364 e. The zero-order valence-corrected chi connectivity index (χ0v) is 13.6. The first-order chi connectivity index (χ1) is 11.1. The normalized spacial score (nSPS) is 14.8. The molecule has 3 aromatic rings. The van der Waals surface area contributed by atoms with Gasteiger partial charge in [0.15, 0.2) is 5.82 Å². The van der Waals surface area contributed by atoms with Crippen molar-refractivity contribution in [2.45, 2.75) is 45.2 Å². The second kappa shape index (κ2) is 5.29. The highest BCUT2D eigenvalue weighted by Crippen LogP contribution is 2.40. The predicted molar refractivity (Wildman–Crippen MR) is 85.3 cm³/mol. The van der Waals surface area contributed by atoms with Crippen LogP contribution in [0.15, 0.2) is 18.7 Å². The van der Waals surface area contributed by atoms with Gasteiger partial charge in [-0.3, -0.25) is 0 Å². The van der Waals surface area contributed by atoms with Gasteiger partial charge in [0, 0.05) is 19.0 Å². The van der Waals surface area contributed by atoms with Crippen LogP contribution in [0, 0.1) is 0 Å². The highest BCUT2D eigenvalue weighted by Gasteiger charge is 2.27. The zero-order chi connectivity index (χ0) is 16.0. The van der Waals surface area contributed by atoms with Crippen molar-refractivity contribution in [2.75, 3.05) is 11.9 Å². The molecule has 4 rings (SSSR count). The SMILES string of the molecule is CC(C)n1cnnc1CN(C)c1cc(C2CC2)nn2cnnc12. The van der Waals surface area contributed by atoms with Gasteiger partial charge in [-0.15, -0.1) is 20.4 Å². The van der Waals surface area contributed by atoms with Gasteiger partial charge in [0.2, 0.25) is 5.65 Å². The maximum Gasteiger partial charge on any atom is 0.200 e. The minimum Gasteiger partial charge on any atom is -0.364 e. The molecule has 0 radical (unpaired) electrons. The molecule has 3 aromatic heterocycles. The third-order valence-corrected chi connectivity index (χ3v) is 4.26. The Morgan fingerprint density at radius 3 is 2.74 bits per heavy atom. The lowest BCUT2D eigenvalue weighted by atomic mass is 10.2. The molecular weight excluding hydrogens is 292 g/mol. The smallest absolute Gasteiger partial charge is 0.200 e. The lowest BCUT2D eigenvalue weighted by Gasteiger charge is -2.21. The van der Waals surface area contributed by atoms with Crippen LogP contribution in [0.1, 0.15) is 50.2 Å². The molecule has 0 saturated heterocycles. The van der Waals surface area contributed by atoms with E-state index in [1.165, 1.54) is 12.8 Å². The number of nitrogens with zero attached hydrogens (tertiary/aromatic N) is 8. The van der Waals surface area contributed by atoms with Crippen molar-refractivity contribution in [3.05, 3.63) is 30.2 Å². The minimum absolute atomic E-state index is 0.334. The molecule has 1 aliphatic carbocycles. The summed E-state index contributed by atoms with van der Waals surface area (Å²) in [7, 11) is 2.04. The molecule has 23 heavy (non-hydrogen) atoms. The molecule has 1 saturated carbocycles. The van der Waals surface area contributed by atoms with Crippen LogP contribution in [-0.2, 0) is 6.54 Å². The fourth-order valence-corrected chi connectivity index (χ4v) is 2.80. The van der Waals surface area contributed by atoms with Crippen LogP contribution in [0.25, 0.3) is 5.65 Å². The fraction of sp³-hybridized carbons (Fsp3) is 0.533. The summed E-state index contributed by atoms with van der Waals surface area (Å²) in [5, 5.41) is 21.1. The van der Waals surface area contributed by atoms with Crippen molar-refractivity contribution in [2.24, 2.45) is 0 Å². The molecule has 8 heteroatoms. The van der Waals surface area contributed by atoms with E-state index >= 15 is 0 Å². The van der Waals surface area contributed by atoms with Crippen molar-refractivity contribution in [3.63, 3.8) is 0 Å². The summed E-state index contributed by atoms with van der Waals surface area (Å²) in [6.45, 7) is 4.91. The van der Waals surface area contributed by atoms with Gasteiger partial charge >= 0.3 is 0 Å². The van der Waals surface area contributed by atoms with Gasteiger partial charge in [-0.1, -0.05) is 0 Å². The highest BCUT2D eigenvalue weighted by atomic mass is 15.4. The van der Waals surface area contributed by atoms with Gasteiger partial charge in [-0.2, -0.15) is 9.61 Å². The van der Waals surface area contributed by atoms with Crippen molar-refractivity contribution >= 4 is 11.3 Å². The van der Waals surface area contributed by atoms with Crippen LogP contribution in [0.4, 0.5) is 5.69 Å². The third kappa shape index (κ3) is 2.54. The summed E-state index contributed by atoms with van der Waals surface area (Å²) in [6.07, 6.45) is 5.87. The first kappa shape index (κ1) is 14.1. The third-order valence-electron chi connectivity index (χ3n) is 4.26. The van der Waals surface area contributed by atoms with E-state index in [1.54, 1.807) is 17.2 Å². The van der Waals surface area contributed by atoms with Gasteiger partial charge in [0.05, 0.1) is 17.9 Å². The van der Waals surface area contributed by atoms with Gasteiger partial charge in [-0.25, -0.2) is 0 Å². The minimum atomic E-state index is 0.334. The summed E-state index contributed by atoms with van der Waals surface area (Å²) in [4.78, 5) is 2.14. The zero-order valence-electron chi connectivity index (χ0n) is 13.6. The molecule has 0 unspecified atom stereocenters. The molecule has 0 spiro atoms. The summed E-state index contributed by atoms with van der Waals surface area (Å²) in [5.41, 5.74) is 2.91. The van der Waals surface area contributed by atoms with E-state index in [2.05, 4.69) is 54.9 Å². The van der Waals surface area contributed by atoms with Gasteiger partial charge < -0.3 is 9.47 Å². The van der Waals surface area contributed by atoms with E-state index in [-0.39, 0.29) is 0 Å². The van der Waals surface area contributed by atoms with E-state index in [0.29, 0.717) is 18.5 Å².